The minimum Gasteiger partial charge on any atom is -0.389 e. The van der Waals surface area contributed by atoms with E-state index in [1.165, 1.54) is 11.1 Å². The Kier molecular flexibility index (Phi) is 3.52. The van der Waals surface area contributed by atoms with Crippen molar-refractivity contribution in [2.45, 2.75) is 45.1 Å². The SMILES string of the molecule is CC(C)Cc1ccc(C2(C(C)(C)O)COC2)cc1. The van der Waals surface area contributed by atoms with Crippen molar-refractivity contribution >= 4 is 0 Å². The van der Waals surface area contributed by atoms with Gasteiger partial charge in [0.15, 0.2) is 0 Å². The minimum absolute atomic E-state index is 0.233. The number of ether oxygens (including phenoxy) is 1. The molecule has 1 aliphatic heterocycles. The highest BCUT2D eigenvalue weighted by Crippen LogP contribution is 2.41. The van der Waals surface area contributed by atoms with Crippen molar-refractivity contribution in [3.63, 3.8) is 0 Å². The van der Waals surface area contributed by atoms with Crippen LogP contribution in [0.3, 0.4) is 0 Å². The summed E-state index contributed by atoms with van der Waals surface area (Å²) in [4.78, 5) is 0. The van der Waals surface area contributed by atoms with Crippen molar-refractivity contribution in [2.75, 3.05) is 13.2 Å². The molecule has 0 saturated carbocycles. The number of benzene rings is 1. The fourth-order valence-electron chi connectivity index (χ4n) is 2.61. The van der Waals surface area contributed by atoms with Crippen molar-refractivity contribution in [3.8, 4) is 0 Å². The molecule has 0 amide bonds. The predicted molar refractivity (Wildman–Crippen MR) is 73.8 cm³/mol. The Morgan fingerprint density at radius 2 is 1.78 bits per heavy atom. The van der Waals surface area contributed by atoms with Gasteiger partial charge >= 0.3 is 0 Å². The van der Waals surface area contributed by atoms with Crippen LogP contribution >= 0.6 is 0 Å². The zero-order chi connectivity index (χ0) is 13.4. The molecule has 2 nitrogen and oxygen atoms in total. The van der Waals surface area contributed by atoms with E-state index in [0.29, 0.717) is 19.1 Å². The average molecular weight is 248 g/mol. The van der Waals surface area contributed by atoms with Crippen molar-refractivity contribution in [2.24, 2.45) is 5.92 Å². The van der Waals surface area contributed by atoms with Gasteiger partial charge in [-0.15, -0.1) is 0 Å². The van der Waals surface area contributed by atoms with Crippen molar-refractivity contribution in [1.29, 1.82) is 0 Å². The fourth-order valence-corrected chi connectivity index (χ4v) is 2.61. The second kappa shape index (κ2) is 4.67. The zero-order valence-electron chi connectivity index (χ0n) is 11.9. The Morgan fingerprint density at radius 3 is 2.11 bits per heavy atom. The van der Waals surface area contributed by atoms with Crippen molar-refractivity contribution in [3.05, 3.63) is 35.4 Å². The molecule has 1 heterocycles. The van der Waals surface area contributed by atoms with Gasteiger partial charge in [0.2, 0.25) is 0 Å². The second-order valence-corrected chi connectivity index (χ2v) is 6.43. The Morgan fingerprint density at radius 1 is 1.22 bits per heavy atom. The van der Waals surface area contributed by atoms with Crippen LogP contribution in [0.4, 0.5) is 0 Å². The smallest absolute Gasteiger partial charge is 0.0732 e. The summed E-state index contributed by atoms with van der Waals surface area (Å²) in [6.45, 7) is 9.42. The van der Waals surface area contributed by atoms with E-state index in [2.05, 4.69) is 38.1 Å². The van der Waals surface area contributed by atoms with E-state index >= 15 is 0 Å². The van der Waals surface area contributed by atoms with Crippen LogP contribution in [0.15, 0.2) is 24.3 Å². The molecule has 1 fully saturated rings. The predicted octanol–water partition coefficient (Wildman–Crippen LogP) is 2.92. The molecule has 1 aliphatic rings. The van der Waals surface area contributed by atoms with Gasteiger partial charge in [0, 0.05) is 0 Å². The summed E-state index contributed by atoms with van der Waals surface area (Å²) < 4.78 is 5.35. The molecule has 2 rings (SSSR count). The summed E-state index contributed by atoms with van der Waals surface area (Å²) in [6, 6.07) is 8.67. The molecule has 1 saturated heterocycles. The maximum Gasteiger partial charge on any atom is 0.0732 e. The van der Waals surface area contributed by atoms with E-state index in [1.807, 2.05) is 13.8 Å². The molecule has 0 aliphatic carbocycles. The van der Waals surface area contributed by atoms with Crippen LogP contribution in [0.5, 0.6) is 0 Å². The summed E-state index contributed by atoms with van der Waals surface area (Å²) >= 11 is 0. The average Bonchev–Trinajstić information content (AvgIpc) is 2.15. The number of rotatable bonds is 4. The molecule has 18 heavy (non-hydrogen) atoms. The molecule has 0 aromatic heterocycles. The van der Waals surface area contributed by atoms with E-state index in [9.17, 15) is 5.11 Å². The lowest BCUT2D eigenvalue weighted by molar-refractivity contribution is -0.157. The van der Waals surface area contributed by atoms with Crippen LogP contribution in [0.25, 0.3) is 0 Å². The highest BCUT2D eigenvalue weighted by atomic mass is 16.5. The quantitative estimate of drug-likeness (QED) is 0.887. The van der Waals surface area contributed by atoms with E-state index in [0.717, 1.165) is 6.42 Å². The van der Waals surface area contributed by atoms with Crippen LogP contribution in [-0.4, -0.2) is 23.9 Å². The van der Waals surface area contributed by atoms with Gasteiger partial charge in [-0.3, -0.25) is 0 Å². The lowest BCUT2D eigenvalue weighted by Crippen LogP contribution is -2.60. The maximum atomic E-state index is 10.4. The third-order valence-corrected chi connectivity index (χ3v) is 4.02. The lowest BCUT2D eigenvalue weighted by atomic mass is 9.67. The summed E-state index contributed by atoms with van der Waals surface area (Å²) in [6.07, 6.45) is 1.10. The first-order chi connectivity index (χ1) is 8.35. The van der Waals surface area contributed by atoms with Gasteiger partial charge in [0.25, 0.3) is 0 Å². The topological polar surface area (TPSA) is 29.5 Å². The standard InChI is InChI=1S/C16H24O2/c1-12(2)9-13-5-7-14(8-6-13)16(10-18-11-16)15(3,4)17/h5-8,12,17H,9-11H2,1-4H3. The minimum atomic E-state index is -0.745. The first-order valence-corrected chi connectivity index (χ1v) is 6.75. The molecule has 0 atom stereocenters. The molecular weight excluding hydrogens is 224 g/mol. The first kappa shape index (κ1) is 13.6. The van der Waals surface area contributed by atoms with Crippen LogP contribution in [-0.2, 0) is 16.6 Å². The fraction of sp³-hybridized carbons (Fsp3) is 0.625. The van der Waals surface area contributed by atoms with Gasteiger partial charge in [-0.05, 0) is 37.3 Å². The summed E-state index contributed by atoms with van der Waals surface area (Å²) in [5, 5.41) is 10.4. The summed E-state index contributed by atoms with van der Waals surface area (Å²) in [5.74, 6) is 0.672. The van der Waals surface area contributed by atoms with Gasteiger partial charge < -0.3 is 9.84 Å². The monoisotopic (exact) mass is 248 g/mol. The van der Waals surface area contributed by atoms with Crippen LogP contribution < -0.4 is 0 Å². The number of hydrogen-bond acceptors (Lipinski definition) is 2. The van der Waals surface area contributed by atoms with Crippen LogP contribution in [0, 0.1) is 5.92 Å². The second-order valence-electron chi connectivity index (χ2n) is 6.43. The van der Waals surface area contributed by atoms with E-state index < -0.39 is 5.60 Å². The van der Waals surface area contributed by atoms with Gasteiger partial charge in [-0.2, -0.15) is 0 Å². The molecule has 1 N–H and O–H groups in total. The highest BCUT2D eigenvalue weighted by molar-refractivity contribution is 5.34. The first-order valence-electron chi connectivity index (χ1n) is 6.75. The van der Waals surface area contributed by atoms with Gasteiger partial charge in [0.05, 0.1) is 24.2 Å². The normalized spacial score (nSPS) is 18.8. The number of aliphatic hydroxyl groups is 1. The van der Waals surface area contributed by atoms with Crippen molar-refractivity contribution < 1.29 is 9.84 Å². The Balaban J connectivity index is 2.23. The van der Waals surface area contributed by atoms with E-state index in [1.54, 1.807) is 0 Å². The molecular formula is C16H24O2. The molecule has 0 unspecified atom stereocenters. The van der Waals surface area contributed by atoms with Gasteiger partial charge in [0.1, 0.15) is 0 Å². The van der Waals surface area contributed by atoms with Gasteiger partial charge in [-0.25, -0.2) is 0 Å². The zero-order valence-corrected chi connectivity index (χ0v) is 11.9. The molecule has 1 aromatic rings. The van der Waals surface area contributed by atoms with Crippen molar-refractivity contribution in [1.82, 2.24) is 0 Å². The molecule has 1 aromatic carbocycles. The molecule has 0 spiro atoms. The molecule has 0 bridgehead atoms. The molecule has 0 radical (unpaired) electrons. The third-order valence-electron chi connectivity index (χ3n) is 4.02. The largest absolute Gasteiger partial charge is 0.389 e. The molecule has 2 heteroatoms. The Bertz CT molecular complexity index is 394. The van der Waals surface area contributed by atoms with E-state index in [-0.39, 0.29) is 5.41 Å². The summed E-state index contributed by atoms with van der Waals surface area (Å²) in [5.41, 5.74) is 1.57. The van der Waals surface area contributed by atoms with Crippen LogP contribution in [0.1, 0.15) is 38.8 Å². The maximum absolute atomic E-state index is 10.4. The van der Waals surface area contributed by atoms with E-state index in [4.69, 9.17) is 4.74 Å². The third kappa shape index (κ3) is 2.32. The number of hydrogen-bond donors (Lipinski definition) is 1. The molecule has 100 valence electrons. The van der Waals surface area contributed by atoms with Gasteiger partial charge in [-0.1, -0.05) is 38.1 Å². The summed E-state index contributed by atoms with van der Waals surface area (Å²) in [7, 11) is 0. The van der Waals surface area contributed by atoms with Crippen LogP contribution in [0.2, 0.25) is 0 Å². The Hall–Kier alpha value is -0.860. The highest BCUT2D eigenvalue weighted by Gasteiger charge is 2.51. The Labute approximate surface area is 110 Å². The lowest BCUT2D eigenvalue weighted by Gasteiger charge is -2.50.